The van der Waals surface area contributed by atoms with Gasteiger partial charge in [0.05, 0.1) is 6.04 Å². The first kappa shape index (κ1) is 16.6. The van der Waals surface area contributed by atoms with E-state index in [1.807, 2.05) is 17.0 Å². The number of pyridine rings is 1. The first-order chi connectivity index (χ1) is 11.6. The molecule has 24 heavy (non-hydrogen) atoms. The van der Waals surface area contributed by atoms with Crippen molar-refractivity contribution in [3.63, 3.8) is 0 Å². The largest absolute Gasteiger partial charge is 0.330 e. The van der Waals surface area contributed by atoms with Crippen LogP contribution in [0.5, 0.6) is 0 Å². The molecule has 1 aliphatic rings. The molecule has 0 aromatic carbocycles. The lowest BCUT2D eigenvalue weighted by Gasteiger charge is -2.29. The summed E-state index contributed by atoms with van der Waals surface area (Å²) in [7, 11) is 0. The van der Waals surface area contributed by atoms with Gasteiger partial charge >= 0.3 is 0 Å². The fourth-order valence-electron chi connectivity index (χ4n) is 3.01. The van der Waals surface area contributed by atoms with E-state index in [1.165, 1.54) is 18.3 Å². The van der Waals surface area contributed by atoms with E-state index in [1.54, 1.807) is 17.8 Å². The fourth-order valence-corrected chi connectivity index (χ4v) is 3.74. The molecule has 0 bridgehead atoms. The molecule has 0 aliphatic carbocycles. The van der Waals surface area contributed by atoms with Gasteiger partial charge in [0.1, 0.15) is 5.69 Å². The average molecular weight is 344 g/mol. The number of nitrogens with one attached hydrogen (secondary N) is 1. The van der Waals surface area contributed by atoms with E-state index in [9.17, 15) is 9.59 Å². The van der Waals surface area contributed by atoms with Crippen LogP contribution in [-0.2, 0) is 4.79 Å². The molecule has 0 saturated carbocycles. The Morgan fingerprint density at radius 1 is 1.25 bits per heavy atom. The van der Waals surface area contributed by atoms with Gasteiger partial charge in [-0.05, 0) is 30.5 Å². The summed E-state index contributed by atoms with van der Waals surface area (Å²) in [6.45, 7) is 2.15. The molecular formula is C17H20N4O2S. The second-order valence-corrected chi connectivity index (χ2v) is 6.72. The number of carbonyl (C=O) groups excluding carboxylic acids is 2. The van der Waals surface area contributed by atoms with Gasteiger partial charge < -0.3 is 10.2 Å². The molecule has 1 atom stereocenters. The van der Waals surface area contributed by atoms with Crippen molar-refractivity contribution in [2.75, 3.05) is 11.9 Å². The van der Waals surface area contributed by atoms with Gasteiger partial charge in [0.25, 0.3) is 5.91 Å². The van der Waals surface area contributed by atoms with Crippen molar-refractivity contribution in [1.29, 1.82) is 0 Å². The zero-order valence-corrected chi connectivity index (χ0v) is 14.4. The molecule has 6 nitrogen and oxygen atoms in total. The number of carbonyl (C=O) groups is 2. The lowest BCUT2D eigenvalue weighted by atomic mass is 10.0. The van der Waals surface area contributed by atoms with Crippen LogP contribution in [0.2, 0.25) is 0 Å². The van der Waals surface area contributed by atoms with Crippen LogP contribution in [-0.4, -0.2) is 33.2 Å². The third-order valence-electron chi connectivity index (χ3n) is 4.11. The van der Waals surface area contributed by atoms with Gasteiger partial charge in [-0.15, -0.1) is 11.3 Å². The number of rotatable bonds is 3. The first-order valence-electron chi connectivity index (χ1n) is 8.09. The number of anilines is 1. The van der Waals surface area contributed by atoms with Crippen molar-refractivity contribution < 1.29 is 9.59 Å². The number of aromatic nitrogens is 2. The predicted molar refractivity (Wildman–Crippen MR) is 92.9 cm³/mol. The third kappa shape index (κ3) is 3.79. The fraction of sp³-hybridized carbons (Fsp3) is 0.412. The number of hydrogen-bond acceptors (Lipinski definition) is 5. The van der Waals surface area contributed by atoms with Gasteiger partial charge in [0.2, 0.25) is 5.91 Å². The molecule has 1 unspecified atom stereocenters. The number of amides is 2. The molecule has 1 fully saturated rings. The van der Waals surface area contributed by atoms with Gasteiger partial charge in [0, 0.05) is 31.2 Å². The van der Waals surface area contributed by atoms with E-state index in [4.69, 9.17) is 0 Å². The standard InChI is InChI=1S/C17H20N4O2S/c1-12(22)19-17-20-14(11-24-17)16(23)21-10-4-2-3-5-15(21)13-6-8-18-9-7-13/h6-9,11,15H,2-5,10H2,1H3,(H,19,20,22). The minimum absolute atomic E-state index is 0.0499. The molecule has 0 spiro atoms. The Bertz CT molecular complexity index is 716. The van der Waals surface area contributed by atoms with E-state index in [-0.39, 0.29) is 17.9 Å². The topological polar surface area (TPSA) is 75.2 Å². The van der Waals surface area contributed by atoms with Crippen molar-refractivity contribution >= 4 is 28.3 Å². The van der Waals surface area contributed by atoms with Crippen LogP contribution in [0.3, 0.4) is 0 Å². The second kappa shape index (κ2) is 7.53. The molecule has 2 aromatic heterocycles. The van der Waals surface area contributed by atoms with Crippen molar-refractivity contribution in [3.8, 4) is 0 Å². The van der Waals surface area contributed by atoms with Crippen LogP contribution in [0.25, 0.3) is 0 Å². The Hall–Kier alpha value is -2.28. The van der Waals surface area contributed by atoms with Crippen molar-refractivity contribution in [2.24, 2.45) is 0 Å². The summed E-state index contributed by atoms with van der Waals surface area (Å²) in [5.41, 5.74) is 1.50. The Kier molecular flexibility index (Phi) is 5.20. The van der Waals surface area contributed by atoms with Gasteiger partial charge in [-0.25, -0.2) is 4.98 Å². The molecular weight excluding hydrogens is 324 g/mol. The molecule has 1 saturated heterocycles. The summed E-state index contributed by atoms with van der Waals surface area (Å²) in [4.78, 5) is 34.4. The van der Waals surface area contributed by atoms with Gasteiger partial charge in [-0.3, -0.25) is 14.6 Å². The maximum Gasteiger partial charge on any atom is 0.273 e. The van der Waals surface area contributed by atoms with E-state index in [0.29, 0.717) is 10.8 Å². The molecule has 2 aromatic rings. The van der Waals surface area contributed by atoms with Gasteiger partial charge in [-0.1, -0.05) is 12.8 Å². The highest BCUT2D eigenvalue weighted by Gasteiger charge is 2.28. The zero-order chi connectivity index (χ0) is 16.9. The van der Waals surface area contributed by atoms with E-state index in [0.717, 1.165) is 37.8 Å². The summed E-state index contributed by atoms with van der Waals surface area (Å²) < 4.78 is 0. The SMILES string of the molecule is CC(=O)Nc1nc(C(=O)N2CCCCCC2c2ccncc2)cs1. The lowest BCUT2D eigenvalue weighted by Crippen LogP contribution is -2.35. The Morgan fingerprint density at radius 3 is 2.79 bits per heavy atom. The maximum atomic E-state index is 13.0. The van der Waals surface area contributed by atoms with Crippen LogP contribution in [0.1, 0.15) is 54.7 Å². The highest BCUT2D eigenvalue weighted by atomic mass is 32.1. The number of thiazole rings is 1. The molecule has 7 heteroatoms. The average Bonchev–Trinajstić information content (AvgIpc) is 2.90. The summed E-state index contributed by atoms with van der Waals surface area (Å²) >= 11 is 1.27. The summed E-state index contributed by atoms with van der Waals surface area (Å²) in [5, 5.41) is 4.80. The third-order valence-corrected chi connectivity index (χ3v) is 4.87. The van der Waals surface area contributed by atoms with Crippen LogP contribution in [0.4, 0.5) is 5.13 Å². The molecule has 1 aliphatic heterocycles. The van der Waals surface area contributed by atoms with Crippen molar-refractivity contribution in [2.45, 2.75) is 38.6 Å². The number of likely N-dealkylation sites (tertiary alicyclic amines) is 1. The highest BCUT2D eigenvalue weighted by Crippen LogP contribution is 2.31. The summed E-state index contributed by atoms with van der Waals surface area (Å²) in [5.74, 6) is -0.264. The second-order valence-electron chi connectivity index (χ2n) is 5.86. The smallest absolute Gasteiger partial charge is 0.273 e. The summed E-state index contributed by atoms with van der Waals surface area (Å²) in [6, 6.07) is 3.99. The molecule has 1 N–H and O–H groups in total. The maximum absolute atomic E-state index is 13.0. The Morgan fingerprint density at radius 2 is 2.04 bits per heavy atom. The Balaban J connectivity index is 1.84. The minimum atomic E-state index is -0.187. The van der Waals surface area contributed by atoms with Gasteiger partial charge in [-0.2, -0.15) is 0 Å². The number of hydrogen-bond donors (Lipinski definition) is 1. The Labute approximate surface area is 144 Å². The van der Waals surface area contributed by atoms with Crippen LogP contribution in [0, 0.1) is 0 Å². The normalized spacial score (nSPS) is 18.0. The first-order valence-corrected chi connectivity index (χ1v) is 8.97. The predicted octanol–water partition coefficient (Wildman–Crippen LogP) is 3.25. The van der Waals surface area contributed by atoms with Crippen molar-refractivity contribution in [1.82, 2.24) is 14.9 Å². The van der Waals surface area contributed by atoms with E-state index >= 15 is 0 Å². The monoisotopic (exact) mass is 344 g/mol. The lowest BCUT2D eigenvalue weighted by molar-refractivity contribution is -0.114. The minimum Gasteiger partial charge on any atom is -0.330 e. The van der Waals surface area contributed by atoms with Crippen LogP contribution >= 0.6 is 11.3 Å². The molecule has 0 radical (unpaired) electrons. The van der Waals surface area contributed by atoms with E-state index < -0.39 is 0 Å². The number of nitrogens with zero attached hydrogens (tertiary/aromatic N) is 3. The van der Waals surface area contributed by atoms with Crippen molar-refractivity contribution in [3.05, 3.63) is 41.2 Å². The molecule has 126 valence electrons. The van der Waals surface area contributed by atoms with Gasteiger partial charge in [0.15, 0.2) is 5.13 Å². The molecule has 3 rings (SSSR count). The van der Waals surface area contributed by atoms with E-state index in [2.05, 4.69) is 15.3 Å². The highest BCUT2D eigenvalue weighted by molar-refractivity contribution is 7.14. The summed E-state index contributed by atoms with van der Waals surface area (Å²) in [6.07, 6.45) is 7.69. The molecule has 3 heterocycles. The van der Waals surface area contributed by atoms with Crippen LogP contribution in [0.15, 0.2) is 29.9 Å². The quantitative estimate of drug-likeness (QED) is 0.927. The molecule has 2 amide bonds. The van der Waals surface area contributed by atoms with Crippen LogP contribution < -0.4 is 5.32 Å². The zero-order valence-electron chi connectivity index (χ0n) is 13.6.